The molecule has 5 nitrogen and oxygen atoms in total. The molecule has 0 radical (unpaired) electrons. The third-order valence-corrected chi connectivity index (χ3v) is 5.54. The molecule has 2 saturated heterocycles. The van der Waals surface area contributed by atoms with Crippen LogP contribution >= 0.6 is 0 Å². The monoisotopic (exact) mass is 357 g/mol. The predicted molar refractivity (Wildman–Crippen MR) is 103 cm³/mol. The molecule has 0 saturated carbocycles. The molecule has 5 heteroatoms. The van der Waals surface area contributed by atoms with E-state index in [2.05, 4.69) is 34.5 Å². The molecule has 1 N–H and O–H groups in total. The first-order valence-corrected chi connectivity index (χ1v) is 10.1. The summed E-state index contributed by atoms with van der Waals surface area (Å²) < 4.78 is 0. The van der Waals surface area contributed by atoms with Crippen molar-refractivity contribution in [3.63, 3.8) is 0 Å². The van der Waals surface area contributed by atoms with Crippen molar-refractivity contribution in [1.29, 1.82) is 0 Å². The van der Waals surface area contributed by atoms with Gasteiger partial charge in [-0.3, -0.25) is 14.5 Å². The summed E-state index contributed by atoms with van der Waals surface area (Å²) >= 11 is 0. The van der Waals surface area contributed by atoms with Gasteiger partial charge in [-0.2, -0.15) is 0 Å². The summed E-state index contributed by atoms with van der Waals surface area (Å²) in [5, 5.41) is 3.12. The second kappa shape index (κ2) is 9.72. The van der Waals surface area contributed by atoms with E-state index in [9.17, 15) is 9.59 Å². The molecule has 0 bridgehead atoms. The zero-order valence-corrected chi connectivity index (χ0v) is 15.7. The number of amides is 2. The van der Waals surface area contributed by atoms with Gasteiger partial charge in [-0.1, -0.05) is 43.2 Å². The summed E-state index contributed by atoms with van der Waals surface area (Å²) in [6.07, 6.45) is 7.01. The first-order chi connectivity index (χ1) is 12.7. The molecule has 2 fully saturated rings. The zero-order valence-electron chi connectivity index (χ0n) is 15.7. The Labute approximate surface area is 156 Å². The van der Waals surface area contributed by atoms with E-state index in [0.29, 0.717) is 25.9 Å². The third-order valence-electron chi connectivity index (χ3n) is 5.54. The maximum absolute atomic E-state index is 12.3. The van der Waals surface area contributed by atoms with Gasteiger partial charge in [0.25, 0.3) is 0 Å². The number of nitrogens with zero attached hydrogens (tertiary/aromatic N) is 2. The number of carbonyl (C=O) groups excluding carboxylic acids is 2. The highest BCUT2D eigenvalue weighted by Crippen LogP contribution is 2.23. The smallest absolute Gasteiger partial charge is 0.222 e. The van der Waals surface area contributed by atoms with Gasteiger partial charge < -0.3 is 10.2 Å². The molecular formula is C21H31N3O2. The molecule has 2 aliphatic heterocycles. The van der Waals surface area contributed by atoms with Gasteiger partial charge in [0.2, 0.25) is 11.8 Å². The lowest BCUT2D eigenvalue weighted by atomic mass is 10.0. The normalized spacial score (nSPS) is 20.0. The Balaban J connectivity index is 1.55. The molecule has 1 aromatic carbocycles. The fourth-order valence-electron chi connectivity index (χ4n) is 4.02. The number of hydrogen-bond donors (Lipinski definition) is 1. The molecule has 2 aliphatic rings. The molecule has 1 atom stereocenters. The second-order valence-electron chi connectivity index (χ2n) is 7.42. The van der Waals surface area contributed by atoms with Crippen LogP contribution in [0.4, 0.5) is 0 Å². The number of carbonyl (C=O) groups is 2. The lowest BCUT2D eigenvalue weighted by Crippen LogP contribution is -2.39. The van der Waals surface area contributed by atoms with Gasteiger partial charge in [0.05, 0.1) is 6.04 Å². The van der Waals surface area contributed by atoms with Crippen LogP contribution in [0.3, 0.4) is 0 Å². The average molecular weight is 357 g/mol. The molecule has 3 rings (SSSR count). The van der Waals surface area contributed by atoms with Crippen LogP contribution < -0.4 is 5.32 Å². The highest BCUT2D eigenvalue weighted by atomic mass is 16.2. The van der Waals surface area contributed by atoms with E-state index >= 15 is 0 Å². The number of benzene rings is 1. The summed E-state index contributed by atoms with van der Waals surface area (Å²) in [4.78, 5) is 28.3. The van der Waals surface area contributed by atoms with Gasteiger partial charge in [0.15, 0.2) is 0 Å². The van der Waals surface area contributed by atoms with E-state index in [0.717, 1.165) is 26.1 Å². The molecule has 26 heavy (non-hydrogen) atoms. The molecule has 0 aliphatic carbocycles. The highest BCUT2D eigenvalue weighted by Gasteiger charge is 2.23. The van der Waals surface area contributed by atoms with Crippen molar-refractivity contribution in [3.05, 3.63) is 35.9 Å². The van der Waals surface area contributed by atoms with Crippen LogP contribution in [0.2, 0.25) is 0 Å². The van der Waals surface area contributed by atoms with E-state index in [4.69, 9.17) is 0 Å². The molecule has 142 valence electrons. The first-order valence-electron chi connectivity index (χ1n) is 10.1. The Hall–Kier alpha value is -1.88. The summed E-state index contributed by atoms with van der Waals surface area (Å²) in [6, 6.07) is 10.7. The van der Waals surface area contributed by atoms with Crippen molar-refractivity contribution >= 4 is 11.8 Å². The maximum Gasteiger partial charge on any atom is 0.222 e. The Kier molecular flexibility index (Phi) is 7.06. The van der Waals surface area contributed by atoms with Crippen LogP contribution in [0.15, 0.2) is 30.3 Å². The Bertz CT molecular complexity index is 582. The van der Waals surface area contributed by atoms with Crippen molar-refractivity contribution in [2.75, 3.05) is 32.7 Å². The zero-order chi connectivity index (χ0) is 18.2. The molecular weight excluding hydrogens is 326 g/mol. The number of hydrogen-bond acceptors (Lipinski definition) is 3. The number of nitrogens with one attached hydrogen (secondary N) is 1. The molecule has 0 unspecified atom stereocenters. The Morgan fingerprint density at radius 1 is 1.00 bits per heavy atom. The summed E-state index contributed by atoms with van der Waals surface area (Å²) in [5.74, 6) is 0.227. The number of likely N-dealkylation sites (tertiary alicyclic amines) is 2. The lowest BCUT2D eigenvalue weighted by Gasteiger charge is -2.31. The fraction of sp³-hybridized carbons (Fsp3) is 0.619. The second-order valence-corrected chi connectivity index (χ2v) is 7.42. The van der Waals surface area contributed by atoms with Crippen molar-refractivity contribution in [1.82, 2.24) is 15.1 Å². The Morgan fingerprint density at radius 3 is 2.38 bits per heavy atom. The lowest BCUT2D eigenvalue weighted by molar-refractivity contribution is -0.128. The van der Waals surface area contributed by atoms with Crippen LogP contribution in [-0.2, 0) is 9.59 Å². The maximum atomic E-state index is 12.3. The Morgan fingerprint density at radius 2 is 1.73 bits per heavy atom. The molecule has 0 spiro atoms. The van der Waals surface area contributed by atoms with Crippen LogP contribution in [0.5, 0.6) is 0 Å². The van der Waals surface area contributed by atoms with Crippen LogP contribution in [-0.4, -0.2) is 54.3 Å². The third kappa shape index (κ3) is 5.31. The van der Waals surface area contributed by atoms with Gasteiger partial charge in [0, 0.05) is 32.5 Å². The highest BCUT2D eigenvalue weighted by molar-refractivity contribution is 5.80. The molecule has 0 aromatic heterocycles. The molecule has 2 amide bonds. The van der Waals surface area contributed by atoms with Crippen LogP contribution in [0.25, 0.3) is 0 Å². The van der Waals surface area contributed by atoms with E-state index in [1.165, 1.54) is 31.2 Å². The van der Waals surface area contributed by atoms with Gasteiger partial charge >= 0.3 is 0 Å². The minimum Gasteiger partial charge on any atom is -0.354 e. The van der Waals surface area contributed by atoms with Crippen molar-refractivity contribution in [3.8, 4) is 0 Å². The van der Waals surface area contributed by atoms with E-state index in [1.54, 1.807) is 0 Å². The quantitative estimate of drug-likeness (QED) is 0.816. The minimum atomic E-state index is 0.0421. The van der Waals surface area contributed by atoms with Crippen molar-refractivity contribution < 1.29 is 9.59 Å². The van der Waals surface area contributed by atoms with Crippen LogP contribution in [0, 0.1) is 0 Å². The van der Waals surface area contributed by atoms with E-state index in [-0.39, 0.29) is 17.9 Å². The average Bonchev–Trinajstić information content (AvgIpc) is 2.90. The molecule has 2 heterocycles. The van der Waals surface area contributed by atoms with E-state index in [1.807, 2.05) is 11.0 Å². The minimum absolute atomic E-state index is 0.0421. The van der Waals surface area contributed by atoms with Gasteiger partial charge in [-0.25, -0.2) is 0 Å². The predicted octanol–water partition coefficient (Wildman–Crippen LogP) is 2.73. The van der Waals surface area contributed by atoms with Gasteiger partial charge in [-0.05, 0) is 37.9 Å². The molecule has 1 aromatic rings. The largest absolute Gasteiger partial charge is 0.354 e. The van der Waals surface area contributed by atoms with Gasteiger partial charge in [0.1, 0.15) is 0 Å². The number of rotatable bonds is 7. The SMILES string of the molecule is O=C(CCN1CCCC1=O)NC[C@H](c1ccccc1)N1CCCCCC1. The topological polar surface area (TPSA) is 52.7 Å². The fourth-order valence-corrected chi connectivity index (χ4v) is 4.02. The van der Waals surface area contributed by atoms with Gasteiger partial charge in [-0.15, -0.1) is 0 Å². The summed E-state index contributed by atoms with van der Waals surface area (Å²) in [6.45, 7) is 4.17. The van der Waals surface area contributed by atoms with Crippen LogP contribution in [0.1, 0.15) is 56.6 Å². The van der Waals surface area contributed by atoms with Crippen molar-refractivity contribution in [2.24, 2.45) is 0 Å². The first kappa shape index (κ1) is 18.9. The van der Waals surface area contributed by atoms with Crippen molar-refractivity contribution in [2.45, 2.75) is 51.0 Å². The van der Waals surface area contributed by atoms with E-state index < -0.39 is 0 Å². The summed E-state index contributed by atoms with van der Waals surface area (Å²) in [7, 11) is 0. The summed E-state index contributed by atoms with van der Waals surface area (Å²) in [5.41, 5.74) is 1.27. The standard InChI is InChI=1S/C21H31N3O2/c25-20(12-16-24-15-8-11-21(24)26)22-17-19(18-9-4-3-5-10-18)23-13-6-1-2-7-14-23/h3-5,9-10,19H,1-2,6-8,11-17H2,(H,22,25)/t19-/m1/s1.